The van der Waals surface area contributed by atoms with Gasteiger partial charge in [-0.3, -0.25) is 9.59 Å². The van der Waals surface area contributed by atoms with Gasteiger partial charge in [0.1, 0.15) is 5.76 Å². The van der Waals surface area contributed by atoms with Crippen molar-refractivity contribution in [3.8, 4) is 0 Å². The highest BCUT2D eigenvalue weighted by Crippen LogP contribution is 2.29. The molecule has 0 bridgehead atoms. The van der Waals surface area contributed by atoms with E-state index in [2.05, 4.69) is 15.8 Å². The van der Waals surface area contributed by atoms with Crippen LogP contribution in [0.2, 0.25) is 0 Å². The molecule has 0 aliphatic carbocycles. The van der Waals surface area contributed by atoms with Crippen molar-refractivity contribution in [3.63, 3.8) is 0 Å². The smallest absolute Gasteiger partial charge is 0.339 e. The van der Waals surface area contributed by atoms with Gasteiger partial charge in [-0.15, -0.1) is 11.8 Å². The van der Waals surface area contributed by atoms with Gasteiger partial charge in [0.05, 0.1) is 17.8 Å². The van der Waals surface area contributed by atoms with E-state index in [9.17, 15) is 14.4 Å². The van der Waals surface area contributed by atoms with Crippen LogP contribution in [0.5, 0.6) is 0 Å². The van der Waals surface area contributed by atoms with E-state index in [1.807, 2.05) is 26.0 Å². The molecule has 1 aromatic carbocycles. The lowest BCUT2D eigenvalue weighted by Crippen LogP contribution is -2.37. The van der Waals surface area contributed by atoms with Crippen LogP contribution in [0.15, 0.2) is 33.7 Å². The number of carbonyl (C=O) groups excluding carboxylic acids is 3. The quantitative estimate of drug-likeness (QED) is 0.519. The van der Waals surface area contributed by atoms with Crippen molar-refractivity contribution in [2.45, 2.75) is 24.5 Å². The highest BCUT2D eigenvalue weighted by atomic mass is 32.2. The van der Waals surface area contributed by atoms with Gasteiger partial charge in [-0.25, -0.2) is 4.79 Å². The van der Waals surface area contributed by atoms with Crippen LogP contribution in [-0.2, 0) is 20.1 Å². The van der Waals surface area contributed by atoms with Crippen molar-refractivity contribution in [2.75, 3.05) is 20.2 Å². The van der Waals surface area contributed by atoms with E-state index in [0.717, 1.165) is 21.9 Å². The number of hydrogen-bond acceptors (Lipinski definition) is 7. The fourth-order valence-corrected chi connectivity index (χ4v) is 3.34. The highest BCUT2D eigenvalue weighted by Gasteiger charge is 2.16. The fourth-order valence-electron chi connectivity index (χ4n) is 2.15. The van der Waals surface area contributed by atoms with Crippen molar-refractivity contribution in [1.29, 1.82) is 0 Å². The molecule has 9 heteroatoms. The minimum absolute atomic E-state index is 0.170. The molecule has 0 atom stereocenters. The number of carbonyl (C=O) groups is 3. The fraction of sp³-hybridized carbons (Fsp3) is 0.333. The second kappa shape index (κ2) is 9.77. The van der Waals surface area contributed by atoms with Gasteiger partial charge in [0.2, 0.25) is 5.91 Å². The minimum atomic E-state index is -0.605. The molecule has 1 aromatic heterocycles. The second-order valence-corrected chi connectivity index (χ2v) is 6.63. The number of hydrogen-bond donors (Lipinski definition) is 2. The molecule has 144 valence electrons. The predicted molar refractivity (Wildman–Crippen MR) is 99.3 cm³/mol. The molecule has 0 saturated carbocycles. The van der Waals surface area contributed by atoms with E-state index in [1.165, 1.54) is 18.8 Å². The lowest BCUT2D eigenvalue weighted by molar-refractivity contribution is -0.127. The Labute approximate surface area is 161 Å². The molecule has 0 saturated heterocycles. The topological polar surface area (TPSA) is 111 Å². The molecular formula is C18H21N3O5S. The van der Waals surface area contributed by atoms with E-state index in [1.54, 1.807) is 12.1 Å². The molecule has 0 fully saturated rings. The highest BCUT2D eigenvalue weighted by molar-refractivity contribution is 7.98. The average molecular weight is 391 g/mol. The molecule has 2 rings (SSSR count). The zero-order chi connectivity index (χ0) is 19.8. The second-order valence-electron chi connectivity index (χ2n) is 5.61. The third kappa shape index (κ3) is 5.85. The van der Waals surface area contributed by atoms with Crippen LogP contribution in [0.4, 0.5) is 0 Å². The number of ether oxygens (including phenoxy) is 1. The number of likely N-dealkylation sites (N-methyl/N-ethyl adjacent to an activating group) is 1. The van der Waals surface area contributed by atoms with Crippen molar-refractivity contribution in [1.82, 2.24) is 15.8 Å². The van der Waals surface area contributed by atoms with Gasteiger partial charge in [-0.2, -0.15) is 0 Å². The van der Waals surface area contributed by atoms with Crippen LogP contribution in [0.3, 0.4) is 0 Å². The van der Waals surface area contributed by atoms with Gasteiger partial charge in [0.25, 0.3) is 5.91 Å². The monoisotopic (exact) mass is 391 g/mol. The van der Waals surface area contributed by atoms with E-state index >= 15 is 0 Å². The maximum Gasteiger partial charge on any atom is 0.339 e. The van der Waals surface area contributed by atoms with Crippen LogP contribution < -0.4 is 10.6 Å². The number of nitrogens with one attached hydrogen (secondary N) is 2. The number of amides is 2. The van der Waals surface area contributed by atoms with Crippen LogP contribution >= 0.6 is 11.8 Å². The van der Waals surface area contributed by atoms with Crippen molar-refractivity contribution in [2.24, 2.45) is 0 Å². The Bertz CT molecular complexity index is 815. The van der Waals surface area contributed by atoms with Crippen molar-refractivity contribution < 1.29 is 23.6 Å². The van der Waals surface area contributed by atoms with Gasteiger partial charge in [0.15, 0.2) is 6.61 Å². The molecule has 2 N–H and O–H groups in total. The summed E-state index contributed by atoms with van der Waals surface area (Å²) >= 11 is 1.46. The average Bonchev–Trinajstić information content (AvgIpc) is 3.00. The molecule has 0 aliphatic heterocycles. The van der Waals surface area contributed by atoms with Crippen molar-refractivity contribution in [3.05, 3.63) is 46.8 Å². The van der Waals surface area contributed by atoms with E-state index in [4.69, 9.17) is 9.26 Å². The Hall–Kier alpha value is -2.81. The molecular weight excluding hydrogens is 370 g/mol. The van der Waals surface area contributed by atoms with E-state index in [0.29, 0.717) is 11.3 Å². The molecule has 8 nitrogen and oxygen atoms in total. The third-order valence-corrected chi connectivity index (χ3v) is 4.82. The summed E-state index contributed by atoms with van der Waals surface area (Å²) in [4.78, 5) is 35.8. The summed E-state index contributed by atoms with van der Waals surface area (Å²) in [6.07, 6.45) is 0. The SMILES string of the molecule is CNC(=O)CNC(=O)COC(=O)c1ccccc1SCc1c(C)noc1C. The third-order valence-electron chi connectivity index (χ3n) is 3.72. The van der Waals surface area contributed by atoms with E-state index < -0.39 is 18.5 Å². The Morgan fingerprint density at radius 3 is 2.59 bits per heavy atom. The summed E-state index contributed by atoms with van der Waals surface area (Å²) in [6, 6.07) is 7.00. The zero-order valence-electron chi connectivity index (χ0n) is 15.3. The molecule has 0 radical (unpaired) electrons. The molecule has 1 heterocycles. The summed E-state index contributed by atoms with van der Waals surface area (Å²) in [5.74, 6) is -0.152. The maximum absolute atomic E-state index is 12.3. The van der Waals surface area contributed by atoms with Crippen LogP contribution in [0.25, 0.3) is 0 Å². The van der Waals surface area contributed by atoms with Gasteiger partial charge >= 0.3 is 5.97 Å². The van der Waals surface area contributed by atoms with Gasteiger partial charge < -0.3 is 19.9 Å². The standard InChI is InChI=1S/C18H21N3O5S/c1-11-14(12(2)26-21-11)10-27-15-7-5-4-6-13(15)18(24)25-9-17(23)20-8-16(22)19-3/h4-7H,8-10H2,1-3H3,(H,19,22)(H,20,23). The van der Waals surface area contributed by atoms with Crippen LogP contribution in [0, 0.1) is 13.8 Å². The van der Waals surface area contributed by atoms with Crippen LogP contribution in [-0.4, -0.2) is 43.1 Å². The largest absolute Gasteiger partial charge is 0.452 e. The zero-order valence-corrected chi connectivity index (χ0v) is 16.1. The first kappa shape index (κ1) is 20.5. The summed E-state index contributed by atoms with van der Waals surface area (Å²) in [6.45, 7) is 3.08. The Kier molecular flexibility index (Phi) is 7.42. The summed E-state index contributed by atoms with van der Waals surface area (Å²) in [7, 11) is 1.46. The first-order chi connectivity index (χ1) is 12.9. The lowest BCUT2D eigenvalue weighted by Gasteiger charge is -2.09. The maximum atomic E-state index is 12.3. The predicted octanol–water partition coefficient (Wildman–Crippen LogP) is 1.60. The molecule has 0 spiro atoms. The van der Waals surface area contributed by atoms with Gasteiger partial charge in [0, 0.05) is 23.3 Å². The summed E-state index contributed by atoms with van der Waals surface area (Å²) < 4.78 is 10.2. The number of esters is 1. The summed E-state index contributed by atoms with van der Waals surface area (Å²) in [5, 5.41) is 8.65. The molecule has 2 aromatic rings. The number of aryl methyl sites for hydroxylation is 2. The number of nitrogens with zero attached hydrogens (tertiary/aromatic N) is 1. The van der Waals surface area contributed by atoms with E-state index in [-0.39, 0.29) is 12.5 Å². The first-order valence-electron chi connectivity index (χ1n) is 8.20. The number of aromatic nitrogens is 1. The molecule has 27 heavy (non-hydrogen) atoms. The molecule has 0 aliphatic rings. The van der Waals surface area contributed by atoms with Crippen LogP contribution in [0.1, 0.15) is 27.4 Å². The summed E-state index contributed by atoms with van der Waals surface area (Å²) in [5.41, 5.74) is 2.16. The Morgan fingerprint density at radius 1 is 1.19 bits per heavy atom. The molecule has 2 amide bonds. The number of rotatable bonds is 8. The van der Waals surface area contributed by atoms with Crippen molar-refractivity contribution >= 4 is 29.5 Å². The lowest BCUT2D eigenvalue weighted by atomic mass is 10.2. The van der Waals surface area contributed by atoms with Gasteiger partial charge in [-0.05, 0) is 26.0 Å². The molecule has 0 unspecified atom stereocenters. The minimum Gasteiger partial charge on any atom is -0.452 e. The Balaban J connectivity index is 1.95. The normalized spacial score (nSPS) is 10.3. The number of benzene rings is 1. The number of thioether (sulfide) groups is 1. The van der Waals surface area contributed by atoms with Gasteiger partial charge in [-0.1, -0.05) is 17.3 Å². The first-order valence-corrected chi connectivity index (χ1v) is 9.19. The Morgan fingerprint density at radius 2 is 1.93 bits per heavy atom.